The fourth-order valence-corrected chi connectivity index (χ4v) is 5.65. The van der Waals surface area contributed by atoms with E-state index in [0.29, 0.717) is 39.9 Å². The smallest absolute Gasteiger partial charge is 0.254 e. The number of carbonyl (C=O) groups excluding carboxylic acids is 2. The first kappa shape index (κ1) is 30.2. The molecule has 1 amide bonds. The molecule has 12 heteroatoms. The van der Waals surface area contributed by atoms with Crippen molar-refractivity contribution in [3.63, 3.8) is 0 Å². The molecule has 0 unspecified atom stereocenters. The van der Waals surface area contributed by atoms with E-state index in [0.717, 1.165) is 24.6 Å². The summed E-state index contributed by atoms with van der Waals surface area (Å²) in [4.78, 5) is 33.0. The molecule has 0 spiro atoms. The van der Waals surface area contributed by atoms with Gasteiger partial charge in [0.15, 0.2) is 5.78 Å². The van der Waals surface area contributed by atoms with Crippen LogP contribution in [0, 0.1) is 13.8 Å². The SMILES string of the molecule is COc1cc(C(=O)N(CCCc2ccccc2)Cc2nc(C(=O)CS(=O)(=O)N(C)O)c(C)s2)cc(OC)c1C. The molecule has 1 aromatic heterocycles. The molecule has 0 saturated heterocycles. The third kappa shape index (κ3) is 7.63. The predicted octanol–water partition coefficient (Wildman–Crippen LogP) is 3.89. The normalized spacial score (nSPS) is 11.5. The van der Waals surface area contributed by atoms with Gasteiger partial charge in [0.1, 0.15) is 28.0 Å². The van der Waals surface area contributed by atoms with Crippen LogP contribution in [0.5, 0.6) is 11.5 Å². The molecule has 0 saturated carbocycles. The van der Waals surface area contributed by atoms with E-state index in [1.165, 1.54) is 25.6 Å². The lowest BCUT2D eigenvalue weighted by Gasteiger charge is -2.23. The highest BCUT2D eigenvalue weighted by atomic mass is 32.2. The van der Waals surface area contributed by atoms with Crippen LogP contribution < -0.4 is 9.47 Å². The van der Waals surface area contributed by atoms with E-state index in [1.807, 2.05) is 37.3 Å². The zero-order valence-corrected chi connectivity index (χ0v) is 24.3. The van der Waals surface area contributed by atoms with Crippen molar-refractivity contribution in [1.29, 1.82) is 0 Å². The first-order valence-corrected chi connectivity index (χ1v) is 14.6. The number of hydrogen-bond donors (Lipinski definition) is 1. The molecule has 0 aliphatic carbocycles. The van der Waals surface area contributed by atoms with Gasteiger partial charge in [0, 0.05) is 29.6 Å². The molecule has 1 heterocycles. The largest absolute Gasteiger partial charge is 0.496 e. The van der Waals surface area contributed by atoms with Crippen LogP contribution in [0.1, 0.15) is 48.3 Å². The van der Waals surface area contributed by atoms with Crippen LogP contribution in [0.4, 0.5) is 0 Å². The Labute approximate surface area is 232 Å². The van der Waals surface area contributed by atoms with Gasteiger partial charge in [-0.25, -0.2) is 13.4 Å². The molecular weight excluding hydrogens is 542 g/mol. The monoisotopic (exact) mass is 575 g/mol. The summed E-state index contributed by atoms with van der Waals surface area (Å²) in [6.45, 7) is 4.05. The van der Waals surface area contributed by atoms with E-state index < -0.39 is 21.6 Å². The summed E-state index contributed by atoms with van der Waals surface area (Å²) in [5.74, 6) is -0.854. The van der Waals surface area contributed by atoms with Gasteiger partial charge in [-0.15, -0.1) is 11.3 Å². The van der Waals surface area contributed by atoms with Crippen LogP contribution in [-0.4, -0.2) is 73.2 Å². The summed E-state index contributed by atoms with van der Waals surface area (Å²) in [6.07, 6.45) is 1.45. The third-order valence-corrected chi connectivity index (χ3v) is 8.56. The summed E-state index contributed by atoms with van der Waals surface area (Å²) in [7, 11) is -0.171. The van der Waals surface area contributed by atoms with E-state index in [-0.39, 0.29) is 22.6 Å². The van der Waals surface area contributed by atoms with E-state index in [1.54, 1.807) is 24.0 Å². The molecule has 0 bridgehead atoms. The molecule has 2 aromatic carbocycles. The lowest BCUT2D eigenvalue weighted by atomic mass is 10.1. The van der Waals surface area contributed by atoms with Gasteiger partial charge in [-0.05, 0) is 44.4 Å². The average molecular weight is 576 g/mol. The van der Waals surface area contributed by atoms with Crippen LogP contribution in [0.3, 0.4) is 0 Å². The first-order valence-electron chi connectivity index (χ1n) is 12.2. The zero-order valence-electron chi connectivity index (χ0n) is 22.6. The Kier molecular flexibility index (Phi) is 10.2. The molecule has 3 aromatic rings. The highest BCUT2D eigenvalue weighted by Gasteiger charge is 2.26. The molecule has 210 valence electrons. The number of nitrogens with zero attached hydrogens (tertiary/aromatic N) is 3. The number of aryl methyl sites for hydroxylation is 2. The Morgan fingerprint density at radius 1 is 1.05 bits per heavy atom. The summed E-state index contributed by atoms with van der Waals surface area (Å²) in [5, 5.41) is 9.80. The molecule has 3 rings (SSSR count). The number of hydrogen-bond acceptors (Lipinski definition) is 9. The van der Waals surface area contributed by atoms with Gasteiger partial charge in [0.25, 0.3) is 5.91 Å². The van der Waals surface area contributed by atoms with E-state index in [9.17, 15) is 23.2 Å². The van der Waals surface area contributed by atoms with Crippen molar-refractivity contribution in [2.45, 2.75) is 33.2 Å². The number of hydroxylamine groups is 1. The van der Waals surface area contributed by atoms with Crippen LogP contribution in [0.15, 0.2) is 42.5 Å². The molecular formula is C27H33N3O7S2. The number of methoxy groups -OCH3 is 2. The van der Waals surface area contributed by atoms with E-state index in [2.05, 4.69) is 4.98 Å². The predicted molar refractivity (Wildman–Crippen MR) is 148 cm³/mol. The van der Waals surface area contributed by atoms with Crippen molar-refractivity contribution < 1.29 is 32.7 Å². The van der Waals surface area contributed by atoms with Crippen LogP contribution in [0.25, 0.3) is 0 Å². The highest BCUT2D eigenvalue weighted by Crippen LogP contribution is 2.30. The van der Waals surface area contributed by atoms with Crippen molar-refractivity contribution >= 4 is 33.1 Å². The van der Waals surface area contributed by atoms with Crippen molar-refractivity contribution in [2.24, 2.45) is 0 Å². The number of aromatic nitrogens is 1. The van der Waals surface area contributed by atoms with Crippen molar-refractivity contribution in [3.05, 3.63) is 74.7 Å². The maximum atomic E-state index is 13.7. The second-order valence-electron chi connectivity index (χ2n) is 8.95. The van der Waals surface area contributed by atoms with Crippen molar-refractivity contribution in [3.8, 4) is 11.5 Å². The lowest BCUT2D eigenvalue weighted by Crippen LogP contribution is -2.32. The number of benzene rings is 2. The van der Waals surface area contributed by atoms with Gasteiger partial charge in [-0.2, -0.15) is 0 Å². The topological polar surface area (TPSA) is 126 Å². The molecule has 0 aliphatic heterocycles. The van der Waals surface area contributed by atoms with Crippen molar-refractivity contribution in [2.75, 3.05) is 33.6 Å². The minimum Gasteiger partial charge on any atom is -0.496 e. The number of rotatable bonds is 13. The molecule has 0 fully saturated rings. The minimum atomic E-state index is -4.17. The Hall–Kier alpha value is -3.32. The van der Waals surface area contributed by atoms with Gasteiger partial charge in [0.2, 0.25) is 10.0 Å². The second kappa shape index (κ2) is 13.2. The maximum Gasteiger partial charge on any atom is 0.254 e. The van der Waals surface area contributed by atoms with Gasteiger partial charge in [0.05, 0.1) is 20.8 Å². The molecule has 0 atom stereocenters. The van der Waals surface area contributed by atoms with Gasteiger partial charge in [-0.1, -0.05) is 34.8 Å². The Bertz CT molecular complexity index is 1400. The molecule has 39 heavy (non-hydrogen) atoms. The van der Waals surface area contributed by atoms with Crippen molar-refractivity contribution in [1.82, 2.24) is 14.4 Å². The summed E-state index contributed by atoms with van der Waals surface area (Å²) < 4.78 is 34.9. The Morgan fingerprint density at radius 2 is 1.67 bits per heavy atom. The van der Waals surface area contributed by atoms with E-state index >= 15 is 0 Å². The third-order valence-electron chi connectivity index (χ3n) is 6.17. The van der Waals surface area contributed by atoms with Gasteiger partial charge >= 0.3 is 0 Å². The van der Waals surface area contributed by atoms with Gasteiger partial charge < -0.3 is 14.4 Å². The standard InChI is InChI=1S/C27H33N3O7S2/c1-18-23(36-4)14-21(15-24(18)37-5)27(32)30(13-9-12-20-10-7-6-8-11-20)16-25-28-26(19(2)38-25)22(31)17-39(34,35)29(3)33/h6-8,10-11,14-15,33H,9,12-13,16-17H2,1-5H3. The molecule has 0 radical (unpaired) electrons. The maximum absolute atomic E-state index is 13.7. The summed E-state index contributed by atoms with van der Waals surface area (Å²) in [6, 6.07) is 13.3. The Balaban J connectivity index is 1.88. The quantitative estimate of drug-likeness (QED) is 0.240. The summed E-state index contributed by atoms with van der Waals surface area (Å²) in [5.41, 5.74) is 2.32. The second-order valence-corrected chi connectivity index (χ2v) is 12.2. The van der Waals surface area contributed by atoms with E-state index in [4.69, 9.17) is 9.47 Å². The highest BCUT2D eigenvalue weighted by molar-refractivity contribution is 7.89. The average Bonchev–Trinajstić information content (AvgIpc) is 3.28. The molecule has 1 N–H and O–H groups in total. The first-order chi connectivity index (χ1) is 18.5. The number of carbonyl (C=O) groups is 2. The number of thiazole rings is 1. The number of ketones is 1. The number of sulfonamides is 1. The lowest BCUT2D eigenvalue weighted by molar-refractivity contribution is 0.0310. The minimum absolute atomic E-state index is 0.00999. The summed E-state index contributed by atoms with van der Waals surface area (Å²) >= 11 is 1.22. The number of ether oxygens (including phenoxy) is 2. The van der Waals surface area contributed by atoms with Crippen LogP contribution in [-0.2, 0) is 23.0 Å². The van der Waals surface area contributed by atoms with Crippen LogP contribution in [0.2, 0.25) is 0 Å². The molecule has 0 aliphatic rings. The van der Waals surface area contributed by atoms with Crippen LogP contribution >= 0.6 is 11.3 Å². The zero-order chi connectivity index (χ0) is 28.7. The van der Waals surface area contributed by atoms with Gasteiger partial charge in [-0.3, -0.25) is 14.8 Å². The number of amides is 1. The fraction of sp³-hybridized carbons (Fsp3) is 0.370. The fourth-order valence-electron chi connectivity index (χ4n) is 4.03. The number of Topliss-reactive ketones (excluding diaryl/α,β-unsaturated/α-hetero) is 1. The Morgan fingerprint density at radius 3 is 2.23 bits per heavy atom. The molecule has 10 nitrogen and oxygen atoms in total.